The van der Waals surface area contributed by atoms with Crippen LogP contribution in [0.1, 0.15) is 12.8 Å². The van der Waals surface area contributed by atoms with Crippen molar-refractivity contribution in [1.82, 2.24) is 4.31 Å². The number of nitro benzene ring substituents is 1. The third kappa shape index (κ3) is 4.20. The summed E-state index contributed by atoms with van der Waals surface area (Å²) in [5.41, 5.74) is 0.0145. The monoisotopic (exact) mass is 357 g/mol. The van der Waals surface area contributed by atoms with Crippen LogP contribution in [-0.2, 0) is 14.8 Å². The fourth-order valence-electron chi connectivity index (χ4n) is 2.60. The van der Waals surface area contributed by atoms with Gasteiger partial charge in [-0.25, -0.2) is 12.7 Å². The molecule has 0 aromatic heterocycles. The number of nitro groups is 1. The quantitative estimate of drug-likeness (QED) is 0.625. The molecule has 2 rings (SSSR count). The van der Waals surface area contributed by atoms with Crippen molar-refractivity contribution in [1.29, 1.82) is 0 Å². The Morgan fingerprint density at radius 2 is 2.17 bits per heavy atom. The van der Waals surface area contributed by atoms with Gasteiger partial charge in [-0.1, -0.05) is 0 Å². The van der Waals surface area contributed by atoms with E-state index in [1.165, 1.54) is 29.6 Å². The predicted octanol–water partition coefficient (Wildman–Crippen LogP) is 1.21. The Bertz CT molecular complexity index is 749. The molecule has 0 spiro atoms. The van der Waals surface area contributed by atoms with Gasteiger partial charge in [-0.15, -0.1) is 0 Å². The molecule has 0 bridgehead atoms. The molecule has 10 heteroatoms. The van der Waals surface area contributed by atoms with Crippen molar-refractivity contribution < 1.29 is 22.9 Å². The number of sulfonamides is 1. The smallest absolute Gasteiger partial charge is 0.271 e. The number of benzene rings is 1. The molecule has 1 aromatic rings. The summed E-state index contributed by atoms with van der Waals surface area (Å²) in [6.45, 7) is 0.491. The second kappa shape index (κ2) is 7.14. The van der Waals surface area contributed by atoms with Gasteiger partial charge in [0, 0.05) is 25.2 Å². The summed E-state index contributed by atoms with van der Waals surface area (Å²) in [6.07, 6.45) is 2.24. The Kier molecular flexibility index (Phi) is 5.40. The van der Waals surface area contributed by atoms with E-state index in [-0.39, 0.29) is 23.8 Å². The molecular weight excluding hydrogens is 338 g/mol. The normalized spacial score (nSPS) is 18.8. The number of nitrogens with one attached hydrogen (secondary N) is 1. The van der Waals surface area contributed by atoms with Crippen LogP contribution in [-0.4, -0.2) is 50.0 Å². The number of nitrogens with zero attached hydrogens (tertiary/aromatic N) is 2. The molecule has 0 radical (unpaired) electrons. The van der Waals surface area contributed by atoms with Crippen LogP contribution in [0, 0.1) is 16.0 Å². The van der Waals surface area contributed by atoms with Gasteiger partial charge in [0.15, 0.2) is 0 Å². The Morgan fingerprint density at radius 3 is 2.75 bits per heavy atom. The van der Waals surface area contributed by atoms with E-state index in [0.29, 0.717) is 25.1 Å². The number of amides is 1. The molecule has 1 amide bonds. The maximum atomic E-state index is 12.4. The van der Waals surface area contributed by atoms with Gasteiger partial charge in [0.25, 0.3) is 5.69 Å². The first-order valence-electron chi connectivity index (χ1n) is 7.31. The van der Waals surface area contributed by atoms with Gasteiger partial charge < -0.3 is 10.1 Å². The highest BCUT2D eigenvalue weighted by atomic mass is 32.2. The lowest BCUT2D eigenvalue weighted by atomic mass is 9.98. The van der Waals surface area contributed by atoms with Crippen molar-refractivity contribution >= 4 is 27.3 Å². The third-order valence-corrected chi connectivity index (χ3v) is 5.15. The molecule has 24 heavy (non-hydrogen) atoms. The van der Waals surface area contributed by atoms with Crippen LogP contribution >= 0.6 is 0 Å². The predicted molar refractivity (Wildman–Crippen MR) is 87.4 cm³/mol. The molecule has 1 saturated heterocycles. The first-order chi connectivity index (χ1) is 11.2. The Hall–Kier alpha value is -2.20. The average Bonchev–Trinajstić information content (AvgIpc) is 2.54. The van der Waals surface area contributed by atoms with Crippen molar-refractivity contribution in [3.8, 4) is 5.75 Å². The van der Waals surface area contributed by atoms with Crippen LogP contribution in [0.25, 0.3) is 0 Å². The van der Waals surface area contributed by atoms with Crippen molar-refractivity contribution in [3.05, 3.63) is 28.3 Å². The van der Waals surface area contributed by atoms with Crippen molar-refractivity contribution in [2.45, 2.75) is 12.8 Å². The number of rotatable bonds is 5. The number of hydrogen-bond donors (Lipinski definition) is 1. The molecule has 1 atom stereocenters. The molecule has 1 aromatic carbocycles. The van der Waals surface area contributed by atoms with Crippen molar-refractivity contribution in [3.63, 3.8) is 0 Å². The zero-order chi connectivity index (χ0) is 17.9. The lowest BCUT2D eigenvalue weighted by Crippen LogP contribution is -2.43. The summed E-state index contributed by atoms with van der Waals surface area (Å²) in [5, 5.41) is 13.5. The highest BCUT2D eigenvalue weighted by Crippen LogP contribution is 2.30. The van der Waals surface area contributed by atoms with Gasteiger partial charge in [-0.05, 0) is 18.9 Å². The Labute approximate surface area is 139 Å². The fraction of sp³-hybridized carbons (Fsp3) is 0.500. The van der Waals surface area contributed by atoms with Crippen LogP contribution in [0.15, 0.2) is 18.2 Å². The molecule has 1 N–H and O–H groups in total. The van der Waals surface area contributed by atoms with E-state index in [4.69, 9.17) is 4.74 Å². The lowest BCUT2D eigenvalue weighted by Gasteiger charge is -2.30. The molecule has 132 valence electrons. The van der Waals surface area contributed by atoms with Gasteiger partial charge in [0.2, 0.25) is 15.9 Å². The molecule has 1 aliphatic rings. The highest BCUT2D eigenvalue weighted by molar-refractivity contribution is 7.88. The Morgan fingerprint density at radius 1 is 1.46 bits per heavy atom. The number of carbonyl (C=O) groups excluding carboxylic acids is 1. The number of ether oxygens (including phenoxy) is 1. The first kappa shape index (κ1) is 18.1. The van der Waals surface area contributed by atoms with Gasteiger partial charge in [-0.3, -0.25) is 14.9 Å². The van der Waals surface area contributed by atoms with E-state index < -0.39 is 20.9 Å². The Balaban J connectivity index is 2.17. The zero-order valence-electron chi connectivity index (χ0n) is 13.4. The minimum absolute atomic E-state index is 0.0991. The van der Waals surface area contributed by atoms with E-state index in [0.717, 1.165) is 6.26 Å². The van der Waals surface area contributed by atoms with Crippen LogP contribution in [0.3, 0.4) is 0 Å². The molecule has 0 aliphatic carbocycles. The van der Waals surface area contributed by atoms with Gasteiger partial charge in [0.1, 0.15) is 5.75 Å². The second-order valence-corrected chi connectivity index (χ2v) is 7.57. The SMILES string of the molecule is COc1ccc([N+](=O)[O-])cc1NC(=O)[C@@H]1CCCN(S(C)(=O)=O)C1. The van der Waals surface area contributed by atoms with Crippen LogP contribution in [0.2, 0.25) is 0 Å². The van der Waals surface area contributed by atoms with Crippen LogP contribution in [0.5, 0.6) is 5.75 Å². The summed E-state index contributed by atoms with van der Waals surface area (Å²) >= 11 is 0. The molecule has 0 unspecified atom stereocenters. The van der Waals surface area contributed by atoms with Crippen molar-refractivity contribution in [2.24, 2.45) is 5.92 Å². The number of carbonyl (C=O) groups is 1. The summed E-state index contributed by atoms with van der Waals surface area (Å²) in [6, 6.07) is 3.89. The van der Waals surface area contributed by atoms with E-state index in [9.17, 15) is 23.3 Å². The standard InChI is InChI=1S/C14H19N3O6S/c1-23-13-6-5-11(17(19)20)8-12(13)15-14(18)10-4-3-7-16(9-10)24(2,21)22/h5-6,8,10H,3-4,7,9H2,1-2H3,(H,15,18)/t10-/m1/s1. The fourth-order valence-corrected chi connectivity index (χ4v) is 3.51. The minimum atomic E-state index is -3.36. The highest BCUT2D eigenvalue weighted by Gasteiger charge is 2.30. The first-order valence-corrected chi connectivity index (χ1v) is 9.15. The lowest BCUT2D eigenvalue weighted by molar-refractivity contribution is -0.384. The third-order valence-electron chi connectivity index (χ3n) is 3.88. The maximum absolute atomic E-state index is 12.4. The number of methoxy groups -OCH3 is 1. The number of non-ortho nitro benzene ring substituents is 1. The van der Waals surface area contributed by atoms with Crippen LogP contribution < -0.4 is 10.1 Å². The topological polar surface area (TPSA) is 119 Å². The summed E-state index contributed by atoms with van der Waals surface area (Å²) in [7, 11) is -1.96. The largest absolute Gasteiger partial charge is 0.495 e. The summed E-state index contributed by atoms with van der Waals surface area (Å²) in [4.78, 5) is 22.7. The molecule has 1 heterocycles. The molecule has 1 aliphatic heterocycles. The van der Waals surface area contributed by atoms with Gasteiger partial charge >= 0.3 is 0 Å². The van der Waals surface area contributed by atoms with E-state index >= 15 is 0 Å². The van der Waals surface area contributed by atoms with Crippen LogP contribution in [0.4, 0.5) is 11.4 Å². The number of anilines is 1. The minimum Gasteiger partial charge on any atom is -0.495 e. The molecule has 1 fully saturated rings. The number of piperidine rings is 1. The zero-order valence-corrected chi connectivity index (χ0v) is 14.2. The van der Waals surface area contributed by atoms with E-state index in [1.807, 2.05) is 0 Å². The van der Waals surface area contributed by atoms with Crippen molar-refractivity contribution in [2.75, 3.05) is 31.8 Å². The number of hydrogen-bond acceptors (Lipinski definition) is 6. The summed E-state index contributed by atoms with van der Waals surface area (Å²) in [5.74, 6) is -0.607. The maximum Gasteiger partial charge on any atom is 0.271 e. The average molecular weight is 357 g/mol. The van der Waals surface area contributed by atoms with Gasteiger partial charge in [-0.2, -0.15) is 0 Å². The molecule has 9 nitrogen and oxygen atoms in total. The van der Waals surface area contributed by atoms with E-state index in [1.54, 1.807) is 0 Å². The van der Waals surface area contributed by atoms with E-state index in [2.05, 4.69) is 5.32 Å². The second-order valence-electron chi connectivity index (χ2n) is 5.59. The summed E-state index contributed by atoms with van der Waals surface area (Å²) < 4.78 is 29.6. The van der Waals surface area contributed by atoms with Gasteiger partial charge in [0.05, 0.1) is 29.9 Å². The molecular formula is C14H19N3O6S. The molecule has 0 saturated carbocycles.